The molecule has 2 rings (SSSR count). The van der Waals surface area contributed by atoms with Crippen LogP contribution >= 0.6 is 0 Å². The summed E-state index contributed by atoms with van der Waals surface area (Å²) in [6, 6.07) is 0.331. The molecule has 0 fully saturated rings. The minimum absolute atomic E-state index is 0.331. The van der Waals surface area contributed by atoms with Gasteiger partial charge in [0.25, 0.3) is 0 Å². The van der Waals surface area contributed by atoms with Crippen molar-refractivity contribution in [3.05, 3.63) is 11.6 Å². The van der Waals surface area contributed by atoms with Crippen LogP contribution in [-0.2, 0) is 17.7 Å². The fraction of sp³-hybridized carbons (Fsp3) is 0.833. The zero-order chi connectivity index (χ0) is 12.3. The molecule has 17 heavy (non-hydrogen) atoms. The molecule has 1 aromatic heterocycles. The molecule has 0 bridgehead atoms. The average molecular weight is 238 g/mol. The lowest BCUT2D eigenvalue weighted by atomic mass is 10.0. The average Bonchev–Trinajstić information content (AvgIpc) is 2.72. The molecule has 5 heteroatoms. The molecule has 0 aromatic carbocycles. The van der Waals surface area contributed by atoms with Crippen molar-refractivity contribution in [2.75, 3.05) is 19.8 Å². The second-order valence-corrected chi connectivity index (χ2v) is 4.75. The zero-order valence-electron chi connectivity index (χ0n) is 10.9. The van der Waals surface area contributed by atoms with Crippen molar-refractivity contribution in [1.29, 1.82) is 0 Å². The first-order chi connectivity index (χ1) is 8.24. The Bertz CT molecular complexity index is 361. The second-order valence-electron chi connectivity index (χ2n) is 4.75. The van der Waals surface area contributed by atoms with Gasteiger partial charge in [0.1, 0.15) is 5.82 Å². The van der Waals surface area contributed by atoms with E-state index in [1.54, 1.807) is 0 Å². The maximum Gasteiger partial charge on any atom is 0.150 e. The van der Waals surface area contributed by atoms with E-state index >= 15 is 0 Å². The third-order valence-electron chi connectivity index (χ3n) is 3.17. The lowest BCUT2D eigenvalue weighted by Crippen LogP contribution is -2.37. The van der Waals surface area contributed by atoms with Crippen LogP contribution in [0.4, 0.5) is 0 Å². The van der Waals surface area contributed by atoms with E-state index in [1.807, 2.05) is 6.92 Å². The van der Waals surface area contributed by atoms with Gasteiger partial charge >= 0.3 is 0 Å². The topological polar surface area (TPSA) is 52.0 Å². The molecule has 0 aliphatic carbocycles. The van der Waals surface area contributed by atoms with E-state index in [9.17, 15) is 0 Å². The summed E-state index contributed by atoms with van der Waals surface area (Å²) in [5, 5.41) is 12.1. The Kier molecular flexibility index (Phi) is 4.12. The minimum atomic E-state index is 0.331. The monoisotopic (exact) mass is 238 g/mol. The Morgan fingerprint density at radius 1 is 1.47 bits per heavy atom. The van der Waals surface area contributed by atoms with Crippen molar-refractivity contribution in [1.82, 2.24) is 20.1 Å². The molecule has 0 spiro atoms. The van der Waals surface area contributed by atoms with Gasteiger partial charge in [-0.2, -0.15) is 0 Å². The largest absolute Gasteiger partial charge is 0.381 e. The van der Waals surface area contributed by atoms with Gasteiger partial charge in [0.15, 0.2) is 5.82 Å². The molecule has 1 aromatic rings. The third kappa shape index (κ3) is 2.66. The Labute approximate surface area is 103 Å². The first-order valence-corrected chi connectivity index (χ1v) is 6.47. The van der Waals surface area contributed by atoms with Crippen LogP contribution < -0.4 is 5.32 Å². The van der Waals surface area contributed by atoms with Gasteiger partial charge in [-0.05, 0) is 12.8 Å². The van der Waals surface area contributed by atoms with Crippen molar-refractivity contribution in [3.8, 4) is 0 Å². The van der Waals surface area contributed by atoms with Crippen LogP contribution in [0.3, 0.4) is 0 Å². The highest BCUT2D eigenvalue weighted by molar-refractivity contribution is 5.05. The van der Waals surface area contributed by atoms with Crippen molar-refractivity contribution in [3.63, 3.8) is 0 Å². The highest BCUT2D eigenvalue weighted by Crippen LogP contribution is 2.23. The Morgan fingerprint density at radius 2 is 2.29 bits per heavy atom. The molecule has 1 atom stereocenters. The molecule has 1 aliphatic rings. The highest BCUT2D eigenvalue weighted by Gasteiger charge is 2.26. The van der Waals surface area contributed by atoms with Gasteiger partial charge in [0, 0.05) is 26.1 Å². The van der Waals surface area contributed by atoms with E-state index < -0.39 is 0 Å². The standard InChI is InChI=1S/C12H22N4O/c1-4-17-8-5-10-14-15-12-11(9(2)3)13-6-7-16(10)12/h9,11,13H,4-8H2,1-3H3. The molecule has 0 amide bonds. The Hall–Kier alpha value is -0.940. The lowest BCUT2D eigenvalue weighted by molar-refractivity contribution is 0.148. The van der Waals surface area contributed by atoms with E-state index in [0.29, 0.717) is 12.0 Å². The van der Waals surface area contributed by atoms with Gasteiger partial charge in [-0.25, -0.2) is 0 Å². The maximum absolute atomic E-state index is 5.38. The molecule has 96 valence electrons. The zero-order valence-corrected chi connectivity index (χ0v) is 10.9. The van der Waals surface area contributed by atoms with Crippen molar-refractivity contribution in [2.24, 2.45) is 5.92 Å². The number of fused-ring (bicyclic) bond motifs is 1. The van der Waals surface area contributed by atoms with Gasteiger partial charge in [-0.3, -0.25) is 0 Å². The highest BCUT2D eigenvalue weighted by atomic mass is 16.5. The van der Waals surface area contributed by atoms with E-state index in [-0.39, 0.29) is 0 Å². The quantitative estimate of drug-likeness (QED) is 0.782. The third-order valence-corrected chi connectivity index (χ3v) is 3.17. The SMILES string of the molecule is CCOCCc1nnc2n1CCNC2C(C)C. The molecule has 1 aliphatic heterocycles. The van der Waals surface area contributed by atoms with E-state index in [1.165, 1.54) is 0 Å². The molecule has 1 N–H and O–H groups in total. The summed E-state index contributed by atoms with van der Waals surface area (Å²) in [5.41, 5.74) is 0. The van der Waals surface area contributed by atoms with Crippen molar-refractivity contribution >= 4 is 0 Å². The Morgan fingerprint density at radius 3 is 3.00 bits per heavy atom. The van der Waals surface area contributed by atoms with Crippen LogP contribution in [0, 0.1) is 5.92 Å². The number of aromatic nitrogens is 3. The normalized spacial score (nSPS) is 19.6. The molecule has 0 radical (unpaired) electrons. The fourth-order valence-electron chi connectivity index (χ4n) is 2.27. The number of hydrogen-bond acceptors (Lipinski definition) is 4. The van der Waals surface area contributed by atoms with Gasteiger partial charge < -0.3 is 14.6 Å². The van der Waals surface area contributed by atoms with Crippen molar-refractivity contribution < 1.29 is 4.74 Å². The summed E-state index contributed by atoms with van der Waals surface area (Å²) >= 11 is 0. The summed E-state index contributed by atoms with van der Waals surface area (Å²) < 4.78 is 7.63. The van der Waals surface area contributed by atoms with Gasteiger partial charge in [-0.15, -0.1) is 10.2 Å². The van der Waals surface area contributed by atoms with Gasteiger partial charge in [0.2, 0.25) is 0 Å². The summed E-state index contributed by atoms with van der Waals surface area (Å²) in [6.07, 6.45) is 0.853. The molecule has 1 unspecified atom stereocenters. The van der Waals surface area contributed by atoms with Crippen LogP contribution in [-0.4, -0.2) is 34.5 Å². The minimum Gasteiger partial charge on any atom is -0.381 e. The molecule has 5 nitrogen and oxygen atoms in total. The van der Waals surface area contributed by atoms with Crippen LogP contribution in [0.25, 0.3) is 0 Å². The first kappa shape index (κ1) is 12.5. The van der Waals surface area contributed by atoms with Crippen LogP contribution in [0.5, 0.6) is 0 Å². The van der Waals surface area contributed by atoms with Crippen LogP contribution in [0.2, 0.25) is 0 Å². The van der Waals surface area contributed by atoms with Crippen LogP contribution in [0.1, 0.15) is 38.5 Å². The number of nitrogens with one attached hydrogen (secondary N) is 1. The number of hydrogen-bond donors (Lipinski definition) is 1. The number of ether oxygens (including phenoxy) is 1. The van der Waals surface area contributed by atoms with Gasteiger partial charge in [0.05, 0.1) is 12.6 Å². The molecule has 0 saturated carbocycles. The van der Waals surface area contributed by atoms with Crippen LogP contribution in [0.15, 0.2) is 0 Å². The van der Waals surface area contributed by atoms with E-state index in [0.717, 1.165) is 44.4 Å². The molecular weight excluding hydrogens is 216 g/mol. The second kappa shape index (κ2) is 5.60. The predicted molar refractivity (Wildman–Crippen MR) is 65.8 cm³/mol. The molecule has 0 saturated heterocycles. The summed E-state index contributed by atoms with van der Waals surface area (Å²) in [7, 11) is 0. The number of rotatable bonds is 5. The first-order valence-electron chi connectivity index (χ1n) is 6.47. The molecule has 2 heterocycles. The summed E-state index contributed by atoms with van der Waals surface area (Å²) in [5.74, 6) is 2.68. The van der Waals surface area contributed by atoms with Crippen molar-refractivity contribution in [2.45, 2.75) is 39.8 Å². The maximum atomic E-state index is 5.38. The summed E-state index contributed by atoms with van der Waals surface area (Å²) in [4.78, 5) is 0. The lowest BCUT2D eigenvalue weighted by Gasteiger charge is -2.27. The smallest absolute Gasteiger partial charge is 0.150 e. The molecular formula is C12H22N4O. The van der Waals surface area contributed by atoms with E-state index in [4.69, 9.17) is 4.74 Å². The van der Waals surface area contributed by atoms with Gasteiger partial charge in [-0.1, -0.05) is 13.8 Å². The Balaban J connectivity index is 2.11. The predicted octanol–water partition coefficient (Wildman–Crippen LogP) is 1.16. The summed E-state index contributed by atoms with van der Waals surface area (Å²) in [6.45, 7) is 9.88. The fourth-order valence-corrected chi connectivity index (χ4v) is 2.27. The van der Waals surface area contributed by atoms with E-state index in [2.05, 4.69) is 33.9 Å². The number of nitrogens with zero attached hydrogens (tertiary/aromatic N) is 3.